The number of Topliss-reactive ketones (excluding diaryl/α,β-unsaturated/α-hetero) is 1. The number of rotatable bonds is 4. The number of ketones is 1. The molecule has 2 heterocycles. The van der Waals surface area contributed by atoms with Crippen LogP contribution in [-0.2, 0) is 11.3 Å². The molecule has 26 heavy (non-hydrogen) atoms. The Balaban J connectivity index is 1.56. The maximum absolute atomic E-state index is 12.1. The second kappa shape index (κ2) is 7.43. The lowest BCUT2D eigenvalue weighted by Gasteiger charge is -2.21. The van der Waals surface area contributed by atoms with E-state index in [0.29, 0.717) is 23.7 Å². The lowest BCUT2D eigenvalue weighted by Crippen LogP contribution is -2.24. The molecule has 1 saturated carbocycles. The fourth-order valence-corrected chi connectivity index (χ4v) is 3.22. The first kappa shape index (κ1) is 17.0. The Morgan fingerprint density at radius 2 is 2.19 bits per heavy atom. The van der Waals surface area contributed by atoms with Gasteiger partial charge in [0.05, 0.1) is 18.8 Å². The van der Waals surface area contributed by atoms with Crippen LogP contribution < -0.4 is 0 Å². The predicted octanol–water partition coefficient (Wildman–Crippen LogP) is 3.48. The molecule has 1 aromatic carbocycles. The van der Waals surface area contributed by atoms with Crippen LogP contribution in [0.1, 0.15) is 54.9 Å². The average Bonchev–Trinajstić information content (AvgIpc) is 3.38. The van der Waals surface area contributed by atoms with Crippen LogP contribution in [-0.4, -0.2) is 33.5 Å². The molecule has 4 rings (SSSR count). The first-order chi connectivity index (χ1) is 12.7. The zero-order chi connectivity index (χ0) is 17.9. The molecule has 1 aliphatic carbocycles. The van der Waals surface area contributed by atoms with Gasteiger partial charge in [0.2, 0.25) is 0 Å². The standard InChI is InChI=1S/C21H23N3O2/c1-15(25)20-12-17(8-7-16-5-6-16)9-10-19(20)21-14-24(23-22-21)13-18-4-2-3-11-26-18/h9-10,12,14,16,18H,2-6,11,13H2,1H3. The second-order valence-electron chi connectivity index (χ2n) is 7.17. The van der Waals surface area contributed by atoms with Crippen LogP contribution in [0.2, 0.25) is 0 Å². The molecule has 0 amide bonds. The van der Waals surface area contributed by atoms with Gasteiger partial charge in [0.25, 0.3) is 0 Å². The molecule has 1 saturated heterocycles. The quantitative estimate of drug-likeness (QED) is 0.626. The summed E-state index contributed by atoms with van der Waals surface area (Å²) in [5.74, 6) is 6.97. The Kier molecular flexibility index (Phi) is 4.85. The Morgan fingerprint density at radius 3 is 2.92 bits per heavy atom. The van der Waals surface area contributed by atoms with Crippen molar-refractivity contribution in [3.05, 3.63) is 35.5 Å². The highest BCUT2D eigenvalue weighted by Crippen LogP contribution is 2.28. The largest absolute Gasteiger partial charge is 0.376 e. The highest BCUT2D eigenvalue weighted by molar-refractivity contribution is 6.00. The molecule has 2 aromatic rings. The van der Waals surface area contributed by atoms with Crippen molar-refractivity contribution >= 4 is 5.78 Å². The van der Waals surface area contributed by atoms with E-state index in [0.717, 1.165) is 30.6 Å². The third-order valence-electron chi connectivity index (χ3n) is 4.88. The minimum absolute atomic E-state index is 0.0141. The number of hydrogen-bond donors (Lipinski definition) is 0. The van der Waals surface area contributed by atoms with Crippen molar-refractivity contribution in [1.82, 2.24) is 15.0 Å². The summed E-state index contributed by atoms with van der Waals surface area (Å²) in [6, 6.07) is 5.76. The van der Waals surface area contributed by atoms with Crippen molar-refractivity contribution in [2.45, 2.75) is 51.7 Å². The topological polar surface area (TPSA) is 57.0 Å². The van der Waals surface area contributed by atoms with E-state index < -0.39 is 0 Å². The molecule has 2 aliphatic rings. The summed E-state index contributed by atoms with van der Waals surface area (Å²) >= 11 is 0. The number of ether oxygens (including phenoxy) is 1. The maximum atomic E-state index is 12.1. The fourth-order valence-electron chi connectivity index (χ4n) is 3.22. The normalized spacial score (nSPS) is 19.7. The van der Waals surface area contributed by atoms with Gasteiger partial charge < -0.3 is 4.74 Å². The molecule has 134 valence electrons. The van der Waals surface area contributed by atoms with Crippen molar-refractivity contribution in [1.29, 1.82) is 0 Å². The molecule has 1 aliphatic heterocycles. The van der Waals surface area contributed by atoms with Crippen LogP contribution in [0.3, 0.4) is 0 Å². The van der Waals surface area contributed by atoms with Gasteiger partial charge in [0.1, 0.15) is 5.69 Å². The number of hydrogen-bond acceptors (Lipinski definition) is 4. The Bertz CT molecular complexity index is 865. The van der Waals surface area contributed by atoms with Crippen molar-refractivity contribution in [2.24, 2.45) is 5.92 Å². The Hall–Kier alpha value is -2.45. The lowest BCUT2D eigenvalue weighted by molar-refractivity contribution is 0.00370. The van der Waals surface area contributed by atoms with Crippen molar-refractivity contribution in [3.8, 4) is 23.1 Å². The Morgan fingerprint density at radius 1 is 1.31 bits per heavy atom. The van der Waals surface area contributed by atoms with Gasteiger partial charge in [-0.15, -0.1) is 5.10 Å². The van der Waals surface area contributed by atoms with E-state index >= 15 is 0 Å². The lowest BCUT2D eigenvalue weighted by atomic mass is 9.99. The molecule has 1 atom stereocenters. The molecule has 5 nitrogen and oxygen atoms in total. The molecule has 0 radical (unpaired) electrons. The summed E-state index contributed by atoms with van der Waals surface area (Å²) < 4.78 is 7.58. The van der Waals surface area contributed by atoms with E-state index in [-0.39, 0.29) is 11.9 Å². The summed E-state index contributed by atoms with van der Waals surface area (Å²) in [7, 11) is 0. The first-order valence-electron chi connectivity index (χ1n) is 9.37. The molecule has 1 unspecified atom stereocenters. The van der Waals surface area contributed by atoms with Crippen molar-refractivity contribution in [3.63, 3.8) is 0 Å². The Labute approximate surface area is 153 Å². The summed E-state index contributed by atoms with van der Waals surface area (Å²) in [6.45, 7) is 3.11. The monoisotopic (exact) mass is 349 g/mol. The third-order valence-corrected chi connectivity index (χ3v) is 4.88. The molecule has 0 spiro atoms. The van der Waals surface area contributed by atoms with Crippen LogP contribution in [0.25, 0.3) is 11.3 Å². The summed E-state index contributed by atoms with van der Waals surface area (Å²) in [5.41, 5.74) is 3.06. The molecular weight excluding hydrogens is 326 g/mol. The minimum Gasteiger partial charge on any atom is -0.376 e. The highest BCUT2D eigenvalue weighted by atomic mass is 16.5. The molecule has 1 aromatic heterocycles. The predicted molar refractivity (Wildman–Crippen MR) is 98.7 cm³/mol. The molecule has 5 heteroatoms. The van der Waals surface area contributed by atoms with Gasteiger partial charge >= 0.3 is 0 Å². The van der Waals surface area contributed by atoms with Gasteiger partial charge in [-0.1, -0.05) is 23.1 Å². The first-order valence-corrected chi connectivity index (χ1v) is 9.37. The number of carbonyl (C=O) groups is 1. The van der Waals surface area contributed by atoms with Crippen LogP contribution >= 0.6 is 0 Å². The van der Waals surface area contributed by atoms with Crippen LogP contribution in [0, 0.1) is 17.8 Å². The fraction of sp³-hybridized carbons (Fsp3) is 0.476. The number of benzene rings is 1. The van der Waals surface area contributed by atoms with Gasteiger partial charge in [0, 0.05) is 29.2 Å². The van der Waals surface area contributed by atoms with Gasteiger partial charge in [-0.3, -0.25) is 4.79 Å². The zero-order valence-electron chi connectivity index (χ0n) is 15.1. The zero-order valence-corrected chi connectivity index (χ0v) is 15.1. The molecule has 2 fully saturated rings. The van der Waals surface area contributed by atoms with E-state index in [4.69, 9.17) is 4.74 Å². The smallest absolute Gasteiger partial charge is 0.160 e. The second-order valence-corrected chi connectivity index (χ2v) is 7.17. The summed E-state index contributed by atoms with van der Waals surface area (Å²) in [5, 5.41) is 8.50. The van der Waals surface area contributed by atoms with E-state index in [1.165, 1.54) is 19.3 Å². The van der Waals surface area contributed by atoms with E-state index in [2.05, 4.69) is 22.2 Å². The number of nitrogens with zero attached hydrogens (tertiary/aromatic N) is 3. The van der Waals surface area contributed by atoms with E-state index in [1.807, 2.05) is 29.1 Å². The average molecular weight is 349 g/mol. The molecule has 0 bridgehead atoms. The number of aromatic nitrogens is 3. The number of carbonyl (C=O) groups excluding carboxylic acids is 1. The molecule has 0 N–H and O–H groups in total. The van der Waals surface area contributed by atoms with E-state index in [1.54, 1.807) is 6.92 Å². The highest BCUT2D eigenvalue weighted by Gasteiger charge is 2.19. The third kappa shape index (κ3) is 4.03. The van der Waals surface area contributed by atoms with Gasteiger partial charge in [-0.2, -0.15) is 0 Å². The SMILES string of the molecule is CC(=O)c1cc(C#CC2CC2)ccc1-c1cn(CC2CCCCO2)nn1. The van der Waals surface area contributed by atoms with Gasteiger partial charge in [0.15, 0.2) is 5.78 Å². The van der Waals surface area contributed by atoms with Gasteiger partial charge in [-0.05, 0) is 51.2 Å². The van der Waals surface area contributed by atoms with Crippen molar-refractivity contribution < 1.29 is 9.53 Å². The summed E-state index contributed by atoms with van der Waals surface area (Å²) in [6.07, 6.45) is 7.88. The minimum atomic E-state index is 0.0141. The van der Waals surface area contributed by atoms with Crippen LogP contribution in [0.15, 0.2) is 24.4 Å². The maximum Gasteiger partial charge on any atom is 0.160 e. The summed E-state index contributed by atoms with van der Waals surface area (Å²) in [4.78, 5) is 12.1. The van der Waals surface area contributed by atoms with Crippen LogP contribution in [0.5, 0.6) is 0 Å². The van der Waals surface area contributed by atoms with E-state index in [9.17, 15) is 4.79 Å². The molecular formula is C21H23N3O2. The van der Waals surface area contributed by atoms with Gasteiger partial charge in [-0.25, -0.2) is 4.68 Å². The van der Waals surface area contributed by atoms with Crippen molar-refractivity contribution in [2.75, 3.05) is 6.61 Å². The van der Waals surface area contributed by atoms with Crippen LogP contribution in [0.4, 0.5) is 0 Å².